The molecule has 98 valence electrons. The number of hydrogen-bond donors (Lipinski definition) is 2. The van der Waals surface area contributed by atoms with Gasteiger partial charge in [0.25, 0.3) is 0 Å². The van der Waals surface area contributed by atoms with Gasteiger partial charge in [-0.15, -0.1) is 0 Å². The smallest absolute Gasteiger partial charge is 0.158 e. The van der Waals surface area contributed by atoms with Gasteiger partial charge in [-0.25, -0.2) is 9.97 Å². The van der Waals surface area contributed by atoms with E-state index in [2.05, 4.69) is 33.9 Å². The van der Waals surface area contributed by atoms with Gasteiger partial charge in [0.1, 0.15) is 11.5 Å². The average Bonchev–Trinajstić information content (AvgIpc) is 2.76. The lowest BCUT2D eigenvalue weighted by Crippen LogP contribution is -2.39. The first-order valence-corrected chi connectivity index (χ1v) is 6.16. The van der Waals surface area contributed by atoms with Crippen LogP contribution in [0.15, 0.2) is 12.4 Å². The number of amidine groups is 1. The van der Waals surface area contributed by atoms with Crippen LogP contribution in [-0.2, 0) is 0 Å². The van der Waals surface area contributed by atoms with E-state index >= 15 is 0 Å². The monoisotopic (exact) mass is 248 g/mol. The summed E-state index contributed by atoms with van der Waals surface area (Å²) in [5.74, 6) is 0.725. The molecule has 0 aliphatic carbocycles. The van der Waals surface area contributed by atoms with Gasteiger partial charge in [0.15, 0.2) is 5.82 Å². The summed E-state index contributed by atoms with van der Waals surface area (Å²) in [6.45, 7) is 1.94. The molecule has 6 nitrogen and oxygen atoms in total. The molecule has 1 aliphatic heterocycles. The van der Waals surface area contributed by atoms with Crippen molar-refractivity contribution in [2.75, 3.05) is 32.1 Å². The molecule has 1 saturated heterocycles. The molecule has 6 heteroatoms. The van der Waals surface area contributed by atoms with E-state index in [1.54, 1.807) is 12.4 Å². The second-order valence-electron chi connectivity index (χ2n) is 4.89. The third-order valence-electron chi connectivity index (χ3n) is 3.16. The zero-order chi connectivity index (χ0) is 13.1. The van der Waals surface area contributed by atoms with Crippen LogP contribution in [0.25, 0.3) is 0 Å². The number of aromatic nitrogens is 2. The van der Waals surface area contributed by atoms with Crippen LogP contribution in [0.1, 0.15) is 18.5 Å². The number of rotatable bonds is 4. The molecule has 1 aromatic rings. The zero-order valence-electron chi connectivity index (χ0n) is 10.9. The lowest BCUT2D eigenvalue weighted by molar-refractivity contribution is 0.371. The van der Waals surface area contributed by atoms with Crippen LogP contribution in [0.4, 0.5) is 5.82 Å². The van der Waals surface area contributed by atoms with E-state index in [0.717, 1.165) is 31.7 Å². The Morgan fingerprint density at radius 3 is 2.89 bits per heavy atom. The Labute approximate surface area is 107 Å². The number of nitrogens with two attached hydrogens (primary N) is 1. The van der Waals surface area contributed by atoms with Crippen LogP contribution < -0.4 is 10.6 Å². The average molecular weight is 248 g/mol. The summed E-state index contributed by atoms with van der Waals surface area (Å²) in [4.78, 5) is 12.9. The summed E-state index contributed by atoms with van der Waals surface area (Å²) in [5, 5.41) is 7.59. The number of hydrogen-bond acceptors (Lipinski definition) is 5. The van der Waals surface area contributed by atoms with Crippen molar-refractivity contribution in [2.24, 2.45) is 5.73 Å². The molecule has 2 heterocycles. The Kier molecular flexibility index (Phi) is 3.76. The summed E-state index contributed by atoms with van der Waals surface area (Å²) in [7, 11) is 4.14. The molecule has 0 amide bonds. The van der Waals surface area contributed by atoms with Crippen molar-refractivity contribution in [3.8, 4) is 0 Å². The molecule has 1 atom stereocenters. The second kappa shape index (κ2) is 5.30. The van der Waals surface area contributed by atoms with Crippen LogP contribution in [-0.4, -0.2) is 53.9 Å². The van der Waals surface area contributed by atoms with Gasteiger partial charge in [0.2, 0.25) is 0 Å². The molecule has 3 N–H and O–H groups in total. The first kappa shape index (κ1) is 12.8. The maximum absolute atomic E-state index is 7.59. The minimum absolute atomic E-state index is 0.0198. The lowest BCUT2D eigenvalue weighted by atomic mass is 10.2. The predicted octanol–water partition coefficient (Wildman–Crippen LogP) is 0.291. The van der Waals surface area contributed by atoms with E-state index in [9.17, 15) is 0 Å². The molecule has 0 saturated carbocycles. The van der Waals surface area contributed by atoms with Crippen LogP contribution in [0.3, 0.4) is 0 Å². The molecule has 18 heavy (non-hydrogen) atoms. The fourth-order valence-electron chi connectivity index (χ4n) is 2.46. The van der Waals surface area contributed by atoms with Crippen molar-refractivity contribution in [3.05, 3.63) is 18.1 Å². The highest BCUT2D eigenvalue weighted by atomic mass is 15.3. The quantitative estimate of drug-likeness (QED) is 0.591. The lowest BCUT2D eigenvalue weighted by Gasteiger charge is -2.28. The number of nitrogen functional groups attached to an aromatic ring is 1. The van der Waals surface area contributed by atoms with Gasteiger partial charge in [0, 0.05) is 31.5 Å². The first-order chi connectivity index (χ1) is 8.59. The Morgan fingerprint density at radius 2 is 2.22 bits per heavy atom. The summed E-state index contributed by atoms with van der Waals surface area (Å²) in [5.41, 5.74) is 6.06. The summed E-state index contributed by atoms with van der Waals surface area (Å²) >= 11 is 0. The molecule has 1 aromatic heterocycles. The van der Waals surface area contributed by atoms with Crippen molar-refractivity contribution >= 4 is 11.7 Å². The fourth-order valence-corrected chi connectivity index (χ4v) is 2.46. The van der Waals surface area contributed by atoms with Crippen LogP contribution in [0, 0.1) is 5.41 Å². The normalized spacial score (nSPS) is 19.5. The van der Waals surface area contributed by atoms with Gasteiger partial charge in [-0.3, -0.25) is 5.41 Å². The molecule has 1 aliphatic rings. The Bertz CT molecular complexity index is 430. The highest BCUT2D eigenvalue weighted by Gasteiger charge is 2.28. The van der Waals surface area contributed by atoms with Gasteiger partial charge in [-0.1, -0.05) is 0 Å². The molecule has 1 fully saturated rings. The second-order valence-corrected chi connectivity index (χ2v) is 4.89. The third-order valence-corrected chi connectivity index (χ3v) is 3.16. The van der Waals surface area contributed by atoms with Crippen LogP contribution in [0.5, 0.6) is 0 Å². The predicted molar refractivity (Wildman–Crippen MR) is 72.0 cm³/mol. The van der Waals surface area contributed by atoms with Crippen molar-refractivity contribution in [2.45, 2.75) is 18.9 Å². The van der Waals surface area contributed by atoms with Crippen LogP contribution >= 0.6 is 0 Å². The topological polar surface area (TPSA) is 82.1 Å². The number of likely N-dealkylation sites (N-methyl/N-ethyl adjacent to an activating group) is 1. The molecular formula is C12H20N6. The van der Waals surface area contributed by atoms with Crippen LogP contribution in [0.2, 0.25) is 0 Å². The zero-order valence-corrected chi connectivity index (χ0v) is 10.9. The Balaban J connectivity index is 2.27. The molecule has 0 radical (unpaired) electrons. The summed E-state index contributed by atoms with van der Waals surface area (Å²) in [6, 6.07) is 0.426. The highest BCUT2D eigenvalue weighted by Crippen LogP contribution is 2.25. The minimum atomic E-state index is -0.0198. The van der Waals surface area contributed by atoms with Crippen molar-refractivity contribution in [1.82, 2.24) is 14.9 Å². The van der Waals surface area contributed by atoms with Crippen molar-refractivity contribution in [3.63, 3.8) is 0 Å². The summed E-state index contributed by atoms with van der Waals surface area (Å²) < 4.78 is 0. The third kappa shape index (κ3) is 2.59. The van der Waals surface area contributed by atoms with E-state index in [-0.39, 0.29) is 5.84 Å². The minimum Gasteiger partial charge on any atom is -0.382 e. The number of nitrogens with zero attached hydrogens (tertiary/aromatic N) is 4. The highest BCUT2D eigenvalue weighted by molar-refractivity contribution is 5.97. The van der Waals surface area contributed by atoms with Crippen molar-refractivity contribution < 1.29 is 0 Å². The Morgan fingerprint density at radius 1 is 1.50 bits per heavy atom. The molecular weight excluding hydrogens is 228 g/mol. The van der Waals surface area contributed by atoms with Gasteiger partial charge in [0.05, 0.1) is 0 Å². The van der Waals surface area contributed by atoms with Gasteiger partial charge in [-0.2, -0.15) is 0 Å². The number of nitrogens with one attached hydrogen (secondary N) is 1. The Hall–Kier alpha value is -1.69. The standard InChI is InChI=1S/C12H20N6/c1-17(2)8-9-4-3-7-18(9)12-10(11(13)14)15-5-6-16-12/h5-6,9H,3-4,7-8H2,1-2H3,(H3,13,14). The van der Waals surface area contributed by atoms with Crippen molar-refractivity contribution in [1.29, 1.82) is 5.41 Å². The van der Waals surface area contributed by atoms with E-state index in [0.29, 0.717) is 11.7 Å². The molecule has 2 rings (SSSR count). The summed E-state index contributed by atoms with van der Waals surface area (Å²) in [6.07, 6.45) is 5.53. The maximum atomic E-state index is 7.59. The van der Waals surface area contributed by atoms with E-state index in [4.69, 9.17) is 11.1 Å². The molecule has 0 aromatic carbocycles. The van der Waals surface area contributed by atoms with E-state index in [1.807, 2.05) is 0 Å². The fraction of sp³-hybridized carbons (Fsp3) is 0.583. The molecule has 0 bridgehead atoms. The largest absolute Gasteiger partial charge is 0.382 e. The maximum Gasteiger partial charge on any atom is 0.158 e. The van der Waals surface area contributed by atoms with E-state index in [1.165, 1.54) is 0 Å². The van der Waals surface area contributed by atoms with Gasteiger partial charge >= 0.3 is 0 Å². The SMILES string of the molecule is CN(C)CC1CCCN1c1nccnc1C(=N)N. The van der Waals surface area contributed by atoms with Gasteiger partial charge in [-0.05, 0) is 26.9 Å². The van der Waals surface area contributed by atoms with E-state index < -0.39 is 0 Å². The first-order valence-electron chi connectivity index (χ1n) is 6.16. The number of anilines is 1. The van der Waals surface area contributed by atoms with Gasteiger partial charge < -0.3 is 15.5 Å². The molecule has 0 spiro atoms. The molecule has 1 unspecified atom stereocenters.